The molecule has 0 spiro atoms. The molecule has 11 heteroatoms. The number of amides is 1. The monoisotopic (exact) mass is 488 g/mol. The van der Waals surface area contributed by atoms with Gasteiger partial charge >= 0.3 is 12.6 Å². The van der Waals surface area contributed by atoms with Crippen molar-refractivity contribution in [1.82, 2.24) is 4.98 Å². The maximum absolute atomic E-state index is 12.8. The molecule has 1 fully saturated rings. The molecule has 1 aliphatic rings. The van der Waals surface area contributed by atoms with Crippen LogP contribution < -0.4 is 14.8 Å². The first kappa shape index (κ1) is 24.0. The van der Waals surface area contributed by atoms with Crippen LogP contribution in [-0.2, 0) is 9.53 Å². The molecule has 0 bridgehead atoms. The lowest BCUT2D eigenvalue weighted by Gasteiger charge is -2.14. The molecule has 2 aromatic rings. The van der Waals surface area contributed by atoms with Gasteiger partial charge in [-0.05, 0) is 43.9 Å². The van der Waals surface area contributed by atoms with E-state index in [2.05, 4.69) is 15.0 Å². The minimum Gasteiger partial charge on any atom is -0.490 e. The van der Waals surface area contributed by atoms with Crippen molar-refractivity contribution < 1.29 is 32.6 Å². The van der Waals surface area contributed by atoms with E-state index in [-0.39, 0.29) is 51.3 Å². The largest absolute Gasteiger partial charge is 0.490 e. The zero-order chi connectivity index (χ0) is 23.1. The Bertz CT molecular complexity index is 957. The van der Waals surface area contributed by atoms with Crippen LogP contribution in [-0.4, -0.2) is 36.7 Å². The molecule has 1 atom stereocenters. The van der Waals surface area contributed by atoms with E-state index in [1.165, 1.54) is 30.6 Å². The van der Waals surface area contributed by atoms with Gasteiger partial charge in [0.25, 0.3) is 5.91 Å². The summed E-state index contributed by atoms with van der Waals surface area (Å²) in [7, 11) is 0. The summed E-state index contributed by atoms with van der Waals surface area (Å²) in [5, 5.41) is 2.85. The number of hydrogen-bond donors (Lipinski definition) is 1. The maximum Gasteiger partial charge on any atom is 0.387 e. The first-order chi connectivity index (χ1) is 15.3. The lowest BCUT2D eigenvalue weighted by Crippen LogP contribution is -2.14. The number of aromatic nitrogens is 1. The molecule has 1 unspecified atom stereocenters. The summed E-state index contributed by atoms with van der Waals surface area (Å²) < 4.78 is 40.5. The molecule has 1 N–H and O–H groups in total. The van der Waals surface area contributed by atoms with Crippen LogP contribution in [0.15, 0.2) is 30.6 Å². The van der Waals surface area contributed by atoms with Gasteiger partial charge in [0, 0.05) is 18.0 Å². The fourth-order valence-corrected chi connectivity index (χ4v) is 3.61. The van der Waals surface area contributed by atoms with Gasteiger partial charge in [-0.1, -0.05) is 23.2 Å². The minimum atomic E-state index is -3.06. The highest BCUT2D eigenvalue weighted by Gasteiger charge is 2.25. The molecule has 0 radical (unpaired) electrons. The number of pyridine rings is 1. The molecule has 7 nitrogen and oxygen atoms in total. The quantitative estimate of drug-likeness (QED) is 0.358. The summed E-state index contributed by atoms with van der Waals surface area (Å²) in [6.07, 6.45) is 5.29. The van der Waals surface area contributed by atoms with E-state index in [0.717, 1.165) is 0 Å². The van der Waals surface area contributed by atoms with E-state index in [0.29, 0.717) is 32.3 Å². The normalized spacial score (nSPS) is 15.5. The van der Waals surface area contributed by atoms with E-state index >= 15 is 0 Å². The molecule has 0 saturated carbocycles. The number of anilines is 1. The first-order valence-corrected chi connectivity index (χ1v) is 10.6. The lowest BCUT2D eigenvalue weighted by molar-refractivity contribution is -0.141. The zero-order valence-corrected chi connectivity index (χ0v) is 18.3. The van der Waals surface area contributed by atoms with Crippen LogP contribution in [0, 0.1) is 5.92 Å². The van der Waals surface area contributed by atoms with Crippen molar-refractivity contribution >= 4 is 40.8 Å². The Balaban J connectivity index is 1.64. The molecule has 32 heavy (non-hydrogen) atoms. The highest BCUT2D eigenvalue weighted by molar-refractivity contribution is 6.39. The number of nitrogens with zero attached hydrogens (tertiary/aromatic N) is 1. The smallest absolute Gasteiger partial charge is 0.387 e. The fraction of sp³-hybridized carbons (Fsp3) is 0.381. The summed E-state index contributed by atoms with van der Waals surface area (Å²) >= 11 is 12.0. The molecule has 1 aromatic heterocycles. The van der Waals surface area contributed by atoms with Crippen LogP contribution in [0.25, 0.3) is 0 Å². The van der Waals surface area contributed by atoms with Gasteiger partial charge in [-0.25, -0.2) is 0 Å². The number of cyclic esters (lactones) is 1. The Hall–Kier alpha value is -2.65. The number of benzene rings is 1. The van der Waals surface area contributed by atoms with Gasteiger partial charge in [0.15, 0.2) is 11.5 Å². The fourth-order valence-electron chi connectivity index (χ4n) is 3.15. The van der Waals surface area contributed by atoms with Crippen molar-refractivity contribution in [1.29, 1.82) is 0 Å². The van der Waals surface area contributed by atoms with Gasteiger partial charge in [-0.15, -0.1) is 0 Å². The Morgan fingerprint density at radius 2 is 1.97 bits per heavy atom. The number of carbonyl (C=O) groups excluding carboxylic acids is 2. The molecule has 1 amide bonds. The predicted octanol–water partition coefficient (Wildman–Crippen LogP) is 5.35. The molecule has 0 aliphatic carbocycles. The van der Waals surface area contributed by atoms with E-state index in [9.17, 15) is 18.4 Å². The van der Waals surface area contributed by atoms with Crippen molar-refractivity contribution in [2.24, 2.45) is 5.92 Å². The second-order valence-corrected chi connectivity index (χ2v) is 7.78. The molecule has 3 rings (SSSR count). The number of halogens is 4. The summed E-state index contributed by atoms with van der Waals surface area (Å²) in [5.41, 5.74) is 0.299. The maximum atomic E-state index is 12.8. The topological polar surface area (TPSA) is 86.8 Å². The number of carbonyl (C=O) groups is 2. The molecule has 2 heterocycles. The Morgan fingerprint density at radius 3 is 2.62 bits per heavy atom. The number of esters is 1. The second-order valence-electron chi connectivity index (χ2n) is 6.97. The van der Waals surface area contributed by atoms with Crippen LogP contribution in [0.4, 0.5) is 14.5 Å². The predicted molar refractivity (Wildman–Crippen MR) is 114 cm³/mol. The van der Waals surface area contributed by atoms with Crippen molar-refractivity contribution in [3.05, 3.63) is 46.2 Å². The van der Waals surface area contributed by atoms with Gasteiger partial charge in [-0.2, -0.15) is 8.78 Å². The van der Waals surface area contributed by atoms with Gasteiger partial charge in [-0.3, -0.25) is 14.6 Å². The van der Waals surface area contributed by atoms with E-state index in [1.807, 2.05) is 0 Å². The highest BCUT2D eigenvalue weighted by atomic mass is 35.5. The average Bonchev–Trinajstić information content (AvgIpc) is 3.15. The van der Waals surface area contributed by atoms with Crippen molar-refractivity contribution in [2.75, 3.05) is 18.5 Å². The first-order valence-electron chi connectivity index (χ1n) is 9.84. The van der Waals surface area contributed by atoms with Gasteiger partial charge in [0.1, 0.15) is 0 Å². The highest BCUT2D eigenvalue weighted by Crippen LogP contribution is 2.32. The van der Waals surface area contributed by atoms with E-state index in [1.54, 1.807) is 0 Å². The third-order valence-electron chi connectivity index (χ3n) is 4.76. The number of unbranched alkanes of at least 4 members (excludes halogenated alkanes) is 1. The standard InChI is InChI=1S/C21H20Cl2F2N2O5/c22-14-10-26-11-15(23)18(14)27-19(28)13-4-5-16(32-21(24)25)17(9-13)30-7-2-1-3-12-6-8-31-20(12)29/h4-5,9-12,21H,1-3,6-8H2,(H,26,27,28). The number of rotatable bonds is 10. The summed E-state index contributed by atoms with van der Waals surface area (Å²) in [6, 6.07) is 3.83. The average molecular weight is 489 g/mol. The van der Waals surface area contributed by atoms with Crippen molar-refractivity contribution in [2.45, 2.75) is 32.3 Å². The third kappa shape index (κ3) is 6.43. The zero-order valence-electron chi connectivity index (χ0n) is 16.8. The van der Waals surface area contributed by atoms with Gasteiger partial charge in [0.2, 0.25) is 0 Å². The van der Waals surface area contributed by atoms with Crippen LogP contribution in [0.3, 0.4) is 0 Å². The van der Waals surface area contributed by atoms with Crippen LogP contribution >= 0.6 is 23.2 Å². The Kier molecular flexibility index (Phi) is 8.46. The van der Waals surface area contributed by atoms with Gasteiger partial charge < -0.3 is 19.5 Å². The molecular formula is C21H20Cl2F2N2O5. The van der Waals surface area contributed by atoms with Crippen LogP contribution in [0.1, 0.15) is 36.0 Å². The Labute approximate surface area is 193 Å². The van der Waals surface area contributed by atoms with Crippen LogP contribution in [0.5, 0.6) is 11.5 Å². The summed E-state index contributed by atoms with van der Waals surface area (Å²) in [6.45, 7) is -2.42. The number of alkyl halides is 2. The van der Waals surface area contributed by atoms with Crippen LogP contribution in [0.2, 0.25) is 10.0 Å². The third-order valence-corrected chi connectivity index (χ3v) is 5.34. The SMILES string of the molecule is O=C(Nc1c(Cl)cncc1Cl)c1ccc(OC(F)F)c(OCCCCC2CCOC2=O)c1. The molecule has 172 valence electrons. The van der Waals surface area contributed by atoms with E-state index < -0.39 is 12.5 Å². The van der Waals surface area contributed by atoms with Crippen molar-refractivity contribution in [3.63, 3.8) is 0 Å². The Morgan fingerprint density at radius 1 is 1.22 bits per heavy atom. The summed E-state index contributed by atoms with van der Waals surface area (Å²) in [4.78, 5) is 27.9. The number of nitrogens with one attached hydrogen (secondary N) is 1. The molecule has 1 aliphatic heterocycles. The summed E-state index contributed by atoms with van der Waals surface area (Å²) in [5.74, 6) is -1.08. The lowest BCUT2D eigenvalue weighted by atomic mass is 10.0. The molecule has 1 saturated heterocycles. The minimum absolute atomic E-state index is 0.00912. The molecular weight excluding hydrogens is 469 g/mol. The number of ether oxygens (including phenoxy) is 3. The van der Waals surface area contributed by atoms with Gasteiger partial charge in [0.05, 0.1) is 34.9 Å². The van der Waals surface area contributed by atoms with Crippen molar-refractivity contribution in [3.8, 4) is 11.5 Å². The van der Waals surface area contributed by atoms with E-state index in [4.69, 9.17) is 32.7 Å². The second kappa shape index (κ2) is 11.3. The number of hydrogen-bond acceptors (Lipinski definition) is 6. The molecule has 1 aromatic carbocycles.